The molecule has 0 bridgehead atoms. The van der Waals surface area contributed by atoms with Gasteiger partial charge >= 0.3 is 0 Å². The minimum Gasteiger partial charge on any atom is -0.293 e. The van der Waals surface area contributed by atoms with Gasteiger partial charge in [-0.15, -0.1) is 0 Å². The Labute approximate surface area is 137 Å². The Morgan fingerprint density at radius 2 is 1.57 bits per heavy atom. The molecule has 1 unspecified atom stereocenters. The van der Waals surface area contributed by atoms with Gasteiger partial charge in [0, 0.05) is 5.56 Å². The topological polar surface area (TPSA) is 17.1 Å². The lowest BCUT2D eigenvalue weighted by molar-refractivity contribution is 0.0858. The first-order valence-corrected chi connectivity index (χ1v) is 8.25. The van der Waals surface area contributed by atoms with E-state index < -0.39 is 5.41 Å². The van der Waals surface area contributed by atoms with Crippen LogP contribution in [0.3, 0.4) is 0 Å². The van der Waals surface area contributed by atoms with Gasteiger partial charge in [-0.05, 0) is 34.2 Å². The molecule has 1 aliphatic carbocycles. The standard InChI is InChI=1S/C22H20O/c1-15(2)22(14-18-9-5-6-10-20(18)21(22)23)19-12-11-16-7-3-4-8-17(16)13-19/h3-13,15H,14H2,1-2H3. The van der Waals surface area contributed by atoms with Crippen LogP contribution in [-0.4, -0.2) is 5.78 Å². The summed E-state index contributed by atoms with van der Waals surface area (Å²) < 4.78 is 0. The SMILES string of the molecule is CC(C)C1(c2ccc3ccccc3c2)Cc2ccccc2C1=O. The third-order valence-electron chi connectivity index (χ3n) is 5.39. The quantitative estimate of drug-likeness (QED) is 0.638. The summed E-state index contributed by atoms with van der Waals surface area (Å²) in [4.78, 5) is 13.3. The molecule has 0 fully saturated rings. The molecule has 1 aliphatic rings. The summed E-state index contributed by atoms with van der Waals surface area (Å²) in [5.41, 5.74) is 2.79. The molecule has 0 N–H and O–H groups in total. The van der Waals surface area contributed by atoms with E-state index in [4.69, 9.17) is 0 Å². The molecule has 1 atom stereocenters. The van der Waals surface area contributed by atoms with Crippen molar-refractivity contribution in [3.63, 3.8) is 0 Å². The van der Waals surface area contributed by atoms with Crippen LogP contribution in [0.15, 0.2) is 66.7 Å². The number of fused-ring (bicyclic) bond motifs is 2. The predicted octanol–water partition coefficient (Wildman–Crippen LogP) is 5.17. The van der Waals surface area contributed by atoms with Gasteiger partial charge in [-0.25, -0.2) is 0 Å². The summed E-state index contributed by atoms with van der Waals surface area (Å²) in [6.07, 6.45) is 0.804. The van der Waals surface area contributed by atoms with Gasteiger partial charge in [-0.3, -0.25) is 4.79 Å². The van der Waals surface area contributed by atoms with Gasteiger partial charge in [0.1, 0.15) is 0 Å². The molecule has 0 saturated heterocycles. The highest BCUT2D eigenvalue weighted by Gasteiger charge is 2.48. The summed E-state index contributed by atoms with van der Waals surface area (Å²) in [6, 6.07) is 22.9. The maximum atomic E-state index is 13.3. The normalized spacial score (nSPS) is 20.2. The summed E-state index contributed by atoms with van der Waals surface area (Å²) >= 11 is 0. The lowest BCUT2D eigenvalue weighted by Crippen LogP contribution is -2.38. The summed E-state index contributed by atoms with van der Waals surface area (Å²) in [5, 5.41) is 2.42. The maximum Gasteiger partial charge on any atom is 0.174 e. The van der Waals surface area contributed by atoms with Crippen LogP contribution < -0.4 is 0 Å². The summed E-state index contributed by atoms with van der Waals surface area (Å²) in [6.45, 7) is 4.33. The molecule has 1 nitrogen and oxygen atoms in total. The molecule has 0 amide bonds. The van der Waals surface area contributed by atoms with Crippen molar-refractivity contribution in [2.45, 2.75) is 25.7 Å². The Morgan fingerprint density at radius 1 is 0.870 bits per heavy atom. The molecule has 0 spiro atoms. The second-order valence-corrected chi connectivity index (χ2v) is 6.85. The molecule has 4 rings (SSSR count). The van der Waals surface area contributed by atoms with Crippen molar-refractivity contribution in [3.05, 3.63) is 83.4 Å². The largest absolute Gasteiger partial charge is 0.293 e. The zero-order valence-electron chi connectivity index (χ0n) is 13.5. The van der Waals surface area contributed by atoms with Gasteiger partial charge in [0.05, 0.1) is 5.41 Å². The highest BCUT2D eigenvalue weighted by atomic mass is 16.1. The molecule has 0 saturated carbocycles. The van der Waals surface area contributed by atoms with E-state index >= 15 is 0 Å². The molecular formula is C22H20O. The minimum atomic E-state index is -0.437. The lowest BCUT2D eigenvalue weighted by atomic mass is 9.68. The van der Waals surface area contributed by atoms with Gasteiger partial charge in [0.2, 0.25) is 0 Å². The fourth-order valence-electron chi connectivity index (χ4n) is 4.02. The number of benzene rings is 3. The average Bonchev–Trinajstić information content (AvgIpc) is 2.89. The highest BCUT2D eigenvalue weighted by molar-refractivity contribution is 6.09. The van der Waals surface area contributed by atoms with Crippen molar-refractivity contribution in [1.82, 2.24) is 0 Å². The van der Waals surface area contributed by atoms with Crippen LogP contribution >= 0.6 is 0 Å². The van der Waals surface area contributed by atoms with Gasteiger partial charge in [0.25, 0.3) is 0 Å². The van der Waals surface area contributed by atoms with Crippen molar-refractivity contribution in [2.75, 3.05) is 0 Å². The number of carbonyl (C=O) groups excluding carboxylic acids is 1. The van der Waals surface area contributed by atoms with Crippen LogP contribution in [-0.2, 0) is 11.8 Å². The predicted molar refractivity (Wildman–Crippen MR) is 94.9 cm³/mol. The van der Waals surface area contributed by atoms with Crippen molar-refractivity contribution in [1.29, 1.82) is 0 Å². The Balaban J connectivity index is 1.93. The fourth-order valence-corrected chi connectivity index (χ4v) is 4.02. The van der Waals surface area contributed by atoms with Crippen LogP contribution in [0.1, 0.15) is 35.3 Å². The van der Waals surface area contributed by atoms with Gasteiger partial charge < -0.3 is 0 Å². The lowest BCUT2D eigenvalue weighted by Gasteiger charge is -2.32. The molecule has 0 radical (unpaired) electrons. The number of rotatable bonds is 2. The van der Waals surface area contributed by atoms with E-state index in [9.17, 15) is 4.79 Å². The van der Waals surface area contributed by atoms with E-state index in [1.807, 2.05) is 18.2 Å². The van der Waals surface area contributed by atoms with Crippen LogP contribution in [0, 0.1) is 5.92 Å². The first-order valence-electron chi connectivity index (χ1n) is 8.25. The number of carbonyl (C=O) groups is 1. The molecule has 0 aromatic heterocycles. The minimum absolute atomic E-state index is 0.253. The zero-order chi connectivity index (χ0) is 16.0. The van der Waals surface area contributed by atoms with Crippen molar-refractivity contribution in [2.24, 2.45) is 5.92 Å². The van der Waals surface area contributed by atoms with Crippen LogP contribution in [0.5, 0.6) is 0 Å². The Kier molecular flexibility index (Phi) is 3.12. The second-order valence-electron chi connectivity index (χ2n) is 6.85. The molecule has 114 valence electrons. The Hall–Kier alpha value is -2.41. The van der Waals surface area contributed by atoms with Crippen molar-refractivity contribution >= 4 is 16.6 Å². The van der Waals surface area contributed by atoms with E-state index in [0.29, 0.717) is 0 Å². The molecule has 3 aromatic rings. The van der Waals surface area contributed by atoms with Gasteiger partial charge in [-0.2, -0.15) is 0 Å². The zero-order valence-corrected chi connectivity index (χ0v) is 13.5. The summed E-state index contributed by atoms with van der Waals surface area (Å²) in [7, 11) is 0. The number of ketones is 1. The van der Waals surface area contributed by atoms with Gasteiger partial charge in [0.15, 0.2) is 5.78 Å². The molecule has 3 aromatic carbocycles. The van der Waals surface area contributed by atoms with E-state index in [1.54, 1.807) is 0 Å². The van der Waals surface area contributed by atoms with Crippen LogP contribution in [0.4, 0.5) is 0 Å². The fraction of sp³-hybridized carbons (Fsp3) is 0.227. The summed E-state index contributed by atoms with van der Waals surface area (Å²) in [5.74, 6) is 0.530. The van der Waals surface area contributed by atoms with Crippen LogP contribution in [0.25, 0.3) is 10.8 Å². The Bertz CT molecular complexity index is 906. The third-order valence-corrected chi connectivity index (χ3v) is 5.39. The first-order chi connectivity index (χ1) is 11.1. The van der Waals surface area contributed by atoms with Crippen molar-refractivity contribution < 1.29 is 4.79 Å². The van der Waals surface area contributed by atoms with E-state index in [1.165, 1.54) is 16.3 Å². The highest BCUT2D eigenvalue weighted by Crippen LogP contribution is 2.45. The molecule has 0 heterocycles. The Morgan fingerprint density at radius 3 is 2.30 bits per heavy atom. The van der Waals surface area contributed by atoms with E-state index in [2.05, 4.69) is 62.4 Å². The first kappa shape index (κ1) is 14.2. The molecule has 1 heteroatoms. The monoisotopic (exact) mass is 300 g/mol. The van der Waals surface area contributed by atoms with E-state index in [-0.39, 0.29) is 11.7 Å². The third kappa shape index (κ3) is 1.96. The number of hydrogen-bond donors (Lipinski definition) is 0. The molecule has 0 aliphatic heterocycles. The van der Waals surface area contributed by atoms with Gasteiger partial charge in [-0.1, -0.05) is 80.6 Å². The van der Waals surface area contributed by atoms with Crippen LogP contribution in [0.2, 0.25) is 0 Å². The van der Waals surface area contributed by atoms with E-state index in [0.717, 1.165) is 17.5 Å². The second kappa shape index (κ2) is 5.06. The average molecular weight is 300 g/mol. The smallest absolute Gasteiger partial charge is 0.174 e. The maximum absolute atomic E-state index is 13.3. The molecular weight excluding hydrogens is 280 g/mol. The molecule has 23 heavy (non-hydrogen) atoms. The number of hydrogen-bond acceptors (Lipinski definition) is 1. The van der Waals surface area contributed by atoms with Crippen molar-refractivity contribution in [3.8, 4) is 0 Å². The number of Topliss-reactive ketones (excluding diaryl/α,β-unsaturated/α-hetero) is 1.